The van der Waals surface area contributed by atoms with Gasteiger partial charge in [0, 0.05) is 25.6 Å². The Hall–Kier alpha value is -0.830. The molecule has 1 saturated heterocycles. The van der Waals surface area contributed by atoms with Gasteiger partial charge in [-0.3, -0.25) is 4.79 Å². The zero-order valence-electron chi connectivity index (χ0n) is 10.7. The van der Waals surface area contributed by atoms with Crippen LogP contribution in [0.25, 0.3) is 0 Å². The van der Waals surface area contributed by atoms with Gasteiger partial charge in [-0.25, -0.2) is 0 Å². The van der Waals surface area contributed by atoms with Gasteiger partial charge in [-0.2, -0.15) is 0 Å². The van der Waals surface area contributed by atoms with Gasteiger partial charge in [-0.05, 0) is 39.0 Å². The van der Waals surface area contributed by atoms with E-state index in [2.05, 4.69) is 12.2 Å². The van der Waals surface area contributed by atoms with Crippen molar-refractivity contribution in [3.8, 4) is 0 Å². The third-order valence-corrected chi connectivity index (χ3v) is 3.71. The minimum atomic E-state index is 0.223. The van der Waals surface area contributed by atoms with E-state index in [0.717, 1.165) is 51.8 Å². The Bertz CT molecular complexity index is 286. The van der Waals surface area contributed by atoms with E-state index >= 15 is 0 Å². The fourth-order valence-corrected chi connectivity index (χ4v) is 2.79. The van der Waals surface area contributed by atoms with Crippen LogP contribution < -0.4 is 0 Å². The maximum atomic E-state index is 12.3. The lowest BCUT2D eigenvalue weighted by Crippen LogP contribution is -2.45. The highest BCUT2D eigenvalue weighted by Gasteiger charge is 2.28. The maximum Gasteiger partial charge on any atom is 0.226 e. The van der Waals surface area contributed by atoms with Gasteiger partial charge < -0.3 is 9.64 Å². The van der Waals surface area contributed by atoms with Crippen LogP contribution in [0.15, 0.2) is 12.2 Å². The molecule has 2 aliphatic rings. The minimum Gasteiger partial charge on any atom is -0.377 e. The molecule has 0 aromatic carbocycles. The van der Waals surface area contributed by atoms with Crippen LogP contribution >= 0.6 is 0 Å². The van der Waals surface area contributed by atoms with Crippen molar-refractivity contribution in [3.63, 3.8) is 0 Å². The van der Waals surface area contributed by atoms with Crippen molar-refractivity contribution in [2.24, 2.45) is 5.92 Å². The fourth-order valence-electron chi connectivity index (χ4n) is 2.79. The van der Waals surface area contributed by atoms with Gasteiger partial charge in [0.2, 0.25) is 5.91 Å². The molecular formula is C14H23NO2. The summed E-state index contributed by atoms with van der Waals surface area (Å²) in [6.07, 6.45) is 9.77. The Labute approximate surface area is 104 Å². The van der Waals surface area contributed by atoms with Crippen molar-refractivity contribution < 1.29 is 9.53 Å². The highest BCUT2D eigenvalue weighted by molar-refractivity contribution is 5.79. The molecule has 0 N–H and O–H groups in total. The van der Waals surface area contributed by atoms with E-state index in [9.17, 15) is 4.79 Å². The zero-order chi connectivity index (χ0) is 12.1. The van der Waals surface area contributed by atoms with Crippen LogP contribution in [0.4, 0.5) is 0 Å². The summed E-state index contributed by atoms with van der Waals surface area (Å²) in [6.45, 7) is 4.49. The fraction of sp³-hybridized carbons (Fsp3) is 0.786. The van der Waals surface area contributed by atoms with Crippen molar-refractivity contribution in [1.82, 2.24) is 4.90 Å². The van der Waals surface area contributed by atoms with Crippen LogP contribution in [0.2, 0.25) is 0 Å². The molecule has 0 unspecified atom stereocenters. The van der Waals surface area contributed by atoms with Gasteiger partial charge in [0.05, 0.1) is 6.10 Å². The molecule has 0 spiro atoms. The van der Waals surface area contributed by atoms with Crippen LogP contribution in [-0.4, -0.2) is 36.6 Å². The number of ether oxygens (including phenoxy) is 1. The van der Waals surface area contributed by atoms with E-state index in [1.165, 1.54) is 0 Å². The monoisotopic (exact) mass is 237 g/mol. The number of allylic oxidation sites excluding steroid dienone is 2. The molecule has 0 aromatic heterocycles. The van der Waals surface area contributed by atoms with Crippen molar-refractivity contribution in [3.05, 3.63) is 12.2 Å². The number of carbonyl (C=O) groups is 1. The first-order valence-electron chi connectivity index (χ1n) is 6.86. The molecule has 3 nitrogen and oxygen atoms in total. The van der Waals surface area contributed by atoms with Gasteiger partial charge in [0.1, 0.15) is 0 Å². The van der Waals surface area contributed by atoms with E-state index in [1.54, 1.807) is 0 Å². The maximum absolute atomic E-state index is 12.3. The van der Waals surface area contributed by atoms with Gasteiger partial charge >= 0.3 is 0 Å². The summed E-state index contributed by atoms with van der Waals surface area (Å²) in [7, 11) is 0. The smallest absolute Gasteiger partial charge is 0.226 e. The highest BCUT2D eigenvalue weighted by Crippen LogP contribution is 2.23. The van der Waals surface area contributed by atoms with Crippen molar-refractivity contribution in [1.29, 1.82) is 0 Å². The summed E-state index contributed by atoms with van der Waals surface area (Å²) < 4.78 is 5.64. The molecule has 1 heterocycles. The van der Waals surface area contributed by atoms with Crippen molar-refractivity contribution >= 4 is 5.91 Å². The summed E-state index contributed by atoms with van der Waals surface area (Å²) in [5.74, 6) is 0.569. The predicted octanol–water partition coefficient (Wildman–Crippen LogP) is 2.37. The normalized spacial score (nSPS) is 29.4. The van der Waals surface area contributed by atoms with Crippen molar-refractivity contribution in [2.45, 2.75) is 45.1 Å². The lowest BCUT2D eigenvalue weighted by Gasteiger charge is -2.35. The molecule has 1 aliphatic heterocycles. The zero-order valence-corrected chi connectivity index (χ0v) is 10.7. The molecule has 1 amide bonds. The first kappa shape index (κ1) is 12.6. The second-order valence-electron chi connectivity index (χ2n) is 4.99. The Balaban J connectivity index is 1.87. The quantitative estimate of drug-likeness (QED) is 0.705. The standard InChI is InChI=1S/C14H23NO2/c1-2-17-13-9-6-10-15(11-13)14(16)12-7-4-3-5-8-12/h3-4,12-13H,2,5-11H2,1H3/t12-,13-/m0/s1. The van der Waals surface area contributed by atoms with Crippen LogP contribution in [0.5, 0.6) is 0 Å². The van der Waals surface area contributed by atoms with Crippen molar-refractivity contribution in [2.75, 3.05) is 19.7 Å². The predicted molar refractivity (Wildman–Crippen MR) is 67.7 cm³/mol. The first-order chi connectivity index (χ1) is 8.31. The number of hydrogen-bond donors (Lipinski definition) is 0. The van der Waals surface area contributed by atoms with Crippen LogP contribution in [0, 0.1) is 5.92 Å². The molecule has 0 aromatic rings. The van der Waals surface area contributed by atoms with Gasteiger partial charge in [0.25, 0.3) is 0 Å². The molecule has 2 rings (SSSR count). The molecule has 0 saturated carbocycles. The first-order valence-corrected chi connectivity index (χ1v) is 6.86. The Morgan fingerprint density at radius 1 is 1.41 bits per heavy atom. The number of amides is 1. The third kappa shape index (κ3) is 3.32. The second-order valence-corrected chi connectivity index (χ2v) is 4.99. The van der Waals surface area contributed by atoms with E-state index in [-0.39, 0.29) is 12.0 Å². The topological polar surface area (TPSA) is 29.5 Å². The molecule has 2 atom stereocenters. The Morgan fingerprint density at radius 2 is 2.29 bits per heavy atom. The molecule has 0 bridgehead atoms. The number of likely N-dealkylation sites (tertiary alicyclic amines) is 1. The molecular weight excluding hydrogens is 214 g/mol. The van der Waals surface area contributed by atoms with E-state index in [0.29, 0.717) is 5.91 Å². The lowest BCUT2D eigenvalue weighted by atomic mass is 9.92. The highest BCUT2D eigenvalue weighted by atomic mass is 16.5. The lowest BCUT2D eigenvalue weighted by molar-refractivity contribution is -0.139. The van der Waals surface area contributed by atoms with Crippen LogP contribution in [-0.2, 0) is 9.53 Å². The average molecular weight is 237 g/mol. The number of rotatable bonds is 3. The van der Waals surface area contributed by atoms with E-state index in [4.69, 9.17) is 4.74 Å². The third-order valence-electron chi connectivity index (χ3n) is 3.71. The second kappa shape index (κ2) is 6.20. The summed E-state index contributed by atoms with van der Waals surface area (Å²) in [5, 5.41) is 0. The molecule has 96 valence electrons. The van der Waals surface area contributed by atoms with E-state index < -0.39 is 0 Å². The van der Waals surface area contributed by atoms with Crippen LogP contribution in [0.1, 0.15) is 39.0 Å². The van der Waals surface area contributed by atoms with Crippen LogP contribution in [0.3, 0.4) is 0 Å². The Kier molecular flexibility index (Phi) is 4.60. The molecule has 1 aliphatic carbocycles. The summed E-state index contributed by atoms with van der Waals surface area (Å²) in [4.78, 5) is 14.4. The molecule has 0 radical (unpaired) electrons. The van der Waals surface area contributed by atoms with Gasteiger partial charge in [0.15, 0.2) is 0 Å². The summed E-state index contributed by atoms with van der Waals surface area (Å²) in [6, 6.07) is 0. The molecule has 1 fully saturated rings. The van der Waals surface area contributed by atoms with E-state index in [1.807, 2.05) is 11.8 Å². The minimum absolute atomic E-state index is 0.223. The molecule has 3 heteroatoms. The summed E-state index contributed by atoms with van der Waals surface area (Å²) in [5.41, 5.74) is 0. The number of piperidine rings is 1. The number of nitrogens with zero attached hydrogens (tertiary/aromatic N) is 1. The SMILES string of the molecule is CCO[C@H]1CCCN(C(=O)[C@H]2CC=CCC2)C1. The molecule has 17 heavy (non-hydrogen) atoms. The largest absolute Gasteiger partial charge is 0.377 e. The van der Waals surface area contributed by atoms with Gasteiger partial charge in [-0.15, -0.1) is 0 Å². The number of hydrogen-bond acceptors (Lipinski definition) is 2. The number of carbonyl (C=O) groups excluding carboxylic acids is 1. The Morgan fingerprint density at radius 3 is 3.00 bits per heavy atom. The average Bonchev–Trinajstić information content (AvgIpc) is 2.40. The summed E-state index contributed by atoms with van der Waals surface area (Å²) >= 11 is 0. The van der Waals surface area contributed by atoms with Gasteiger partial charge in [-0.1, -0.05) is 12.2 Å².